The molecule has 0 radical (unpaired) electrons. The SMILES string of the molecule is CCCCCCc1ccsc1C. The van der Waals surface area contributed by atoms with E-state index in [4.69, 9.17) is 0 Å². The van der Waals surface area contributed by atoms with Crippen LogP contribution in [0, 0.1) is 6.92 Å². The van der Waals surface area contributed by atoms with Crippen molar-refractivity contribution in [1.29, 1.82) is 0 Å². The second-order valence-corrected chi connectivity index (χ2v) is 4.43. The van der Waals surface area contributed by atoms with Crippen molar-refractivity contribution in [1.82, 2.24) is 0 Å². The summed E-state index contributed by atoms with van der Waals surface area (Å²) in [6.45, 7) is 4.48. The van der Waals surface area contributed by atoms with Gasteiger partial charge in [-0.2, -0.15) is 0 Å². The number of thiophene rings is 1. The molecule has 0 saturated heterocycles. The zero-order valence-electron chi connectivity index (χ0n) is 8.10. The Bertz CT molecular complexity index is 213. The molecule has 68 valence electrons. The van der Waals surface area contributed by atoms with E-state index in [1.165, 1.54) is 37.0 Å². The maximum atomic E-state index is 2.27. The summed E-state index contributed by atoms with van der Waals surface area (Å²) in [7, 11) is 0. The van der Waals surface area contributed by atoms with Crippen molar-refractivity contribution in [3.8, 4) is 0 Å². The van der Waals surface area contributed by atoms with Gasteiger partial charge in [-0.3, -0.25) is 0 Å². The van der Waals surface area contributed by atoms with Crippen LogP contribution in [-0.4, -0.2) is 0 Å². The molecule has 0 amide bonds. The lowest BCUT2D eigenvalue weighted by atomic mass is 10.1. The number of rotatable bonds is 5. The van der Waals surface area contributed by atoms with Crippen molar-refractivity contribution in [2.45, 2.75) is 46.0 Å². The smallest absolute Gasteiger partial charge is 0.00461 e. The molecule has 0 aliphatic rings. The molecule has 1 aromatic heterocycles. The maximum Gasteiger partial charge on any atom is 0.00461 e. The Balaban J connectivity index is 2.20. The lowest BCUT2D eigenvalue weighted by Gasteiger charge is -1.98. The third kappa shape index (κ3) is 2.98. The summed E-state index contributed by atoms with van der Waals surface area (Å²) in [5, 5.41) is 2.20. The fraction of sp³-hybridized carbons (Fsp3) is 0.636. The quantitative estimate of drug-likeness (QED) is 0.599. The van der Waals surface area contributed by atoms with Crippen LogP contribution in [-0.2, 0) is 6.42 Å². The van der Waals surface area contributed by atoms with Gasteiger partial charge < -0.3 is 0 Å². The first kappa shape index (κ1) is 9.79. The van der Waals surface area contributed by atoms with Gasteiger partial charge >= 0.3 is 0 Å². The van der Waals surface area contributed by atoms with E-state index in [0.29, 0.717) is 0 Å². The van der Waals surface area contributed by atoms with E-state index in [2.05, 4.69) is 25.3 Å². The van der Waals surface area contributed by atoms with Crippen molar-refractivity contribution in [3.63, 3.8) is 0 Å². The minimum atomic E-state index is 1.29. The Hall–Kier alpha value is -0.300. The van der Waals surface area contributed by atoms with E-state index in [0.717, 1.165) is 0 Å². The fourth-order valence-corrected chi connectivity index (χ4v) is 2.17. The predicted octanol–water partition coefficient (Wildman–Crippen LogP) is 4.18. The lowest BCUT2D eigenvalue weighted by Crippen LogP contribution is -1.84. The first-order valence-electron chi connectivity index (χ1n) is 4.87. The van der Waals surface area contributed by atoms with Gasteiger partial charge in [-0.1, -0.05) is 26.2 Å². The molecule has 1 aromatic rings. The van der Waals surface area contributed by atoms with Gasteiger partial charge in [-0.05, 0) is 36.8 Å². The minimum Gasteiger partial charge on any atom is -0.149 e. The summed E-state index contributed by atoms with van der Waals surface area (Å²) in [5.41, 5.74) is 1.57. The van der Waals surface area contributed by atoms with Gasteiger partial charge in [0.25, 0.3) is 0 Å². The normalized spacial score (nSPS) is 10.5. The molecule has 12 heavy (non-hydrogen) atoms. The van der Waals surface area contributed by atoms with Crippen LogP contribution in [0.15, 0.2) is 11.4 Å². The molecule has 1 rings (SSSR count). The van der Waals surface area contributed by atoms with E-state index < -0.39 is 0 Å². The molecule has 0 spiro atoms. The van der Waals surface area contributed by atoms with E-state index in [-0.39, 0.29) is 0 Å². The van der Waals surface area contributed by atoms with Crippen LogP contribution in [0.5, 0.6) is 0 Å². The zero-order chi connectivity index (χ0) is 8.81. The first-order chi connectivity index (χ1) is 5.84. The third-order valence-electron chi connectivity index (χ3n) is 2.27. The molecule has 0 atom stereocenters. The third-order valence-corrected chi connectivity index (χ3v) is 3.15. The number of hydrogen-bond acceptors (Lipinski definition) is 1. The molecule has 0 saturated carbocycles. The highest BCUT2D eigenvalue weighted by molar-refractivity contribution is 7.10. The van der Waals surface area contributed by atoms with Crippen LogP contribution in [0.4, 0.5) is 0 Å². The van der Waals surface area contributed by atoms with Gasteiger partial charge in [-0.15, -0.1) is 11.3 Å². The molecule has 1 heteroatoms. The van der Waals surface area contributed by atoms with Crippen molar-refractivity contribution >= 4 is 11.3 Å². The Kier molecular flexibility index (Phi) is 4.37. The van der Waals surface area contributed by atoms with Gasteiger partial charge in [-0.25, -0.2) is 0 Å². The molecule has 1 heterocycles. The molecule has 0 aliphatic carbocycles. The molecule has 0 fully saturated rings. The Morgan fingerprint density at radius 2 is 2.08 bits per heavy atom. The number of hydrogen-bond donors (Lipinski definition) is 0. The summed E-state index contributed by atoms with van der Waals surface area (Å²) in [6.07, 6.45) is 6.78. The molecular formula is C11H18S. The summed E-state index contributed by atoms with van der Waals surface area (Å²) in [5.74, 6) is 0. The second-order valence-electron chi connectivity index (χ2n) is 3.31. The van der Waals surface area contributed by atoms with Crippen molar-refractivity contribution < 1.29 is 0 Å². The van der Waals surface area contributed by atoms with Crippen molar-refractivity contribution in [2.24, 2.45) is 0 Å². The second kappa shape index (κ2) is 5.36. The highest BCUT2D eigenvalue weighted by atomic mass is 32.1. The molecule has 0 aromatic carbocycles. The van der Waals surface area contributed by atoms with Gasteiger partial charge in [0.2, 0.25) is 0 Å². The van der Waals surface area contributed by atoms with Gasteiger partial charge in [0.05, 0.1) is 0 Å². The molecule has 0 N–H and O–H groups in total. The van der Waals surface area contributed by atoms with E-state index >= 15 is 0 Å². The maximum absolute atomic E-state index is 2.27. The van der Waals surface area contributed by atoms with Gasteiger partial charge in [0.1, 0.15) is 0 Å². The van der Waals surface area contributed by atoms with Gasteiger partial charge in [0.15, 0.2) is 0 Å². The average Bonchev–Trinajstić information content (AvgIpc) is 2.46. The topological polar surface area (TPSA) is 0 Å². The van der Waals surface area contributed by atoms with Crippen LogP contribution in [0.2, 0.25) is 0 Å². The number of aryl methyl sites for hydroxylation is 2. The van der Waals surface area contributed by atoms with Crippen LogP contribution in [0.1, 0.15) is 43.0 Å². The molecule has 0 bridgehead atoms. The zero-order valence-corrected chi connectivity index (χ0v) is 8.91. The molecule has 0 unspecified atom stereocenters. The Morgan fingerprint density at radius 1 is 1.25 bits per heavy atom. The summed E-state index contributed by atoms with van der Waals surface area (Å²) in [4.78, 5) is 1.51. The summed E-state index contributed by atoms with van der Waals surface area (Å²) in [6, 6.07) is 2.27. The van der Waals surface area contributed by atoms with Crippen LogP contribution in [0.3, 0.4) is 0 Å². The van der Waals surface area contributed by atoms with E-state index in [1.807, 2.05) is 11.3 Å². The van der Waals surface area contributed by atoms with Crippen molar-refractivity contribution in [2.75, 3.05) is 0 Å². The Labute approximate surface area is 79.6 Å². The molecule has 0 aliphatic heterocycles. The number of unbranched alkanes of at least 4 members (excludes halogenated alkanes) is 3. The largest absolute Gasteiger partial charge is 0.149 e. The Morgan fingerprint density at radius 3 is 2.67 bits per heavy atom. The van der Waals surface area contributed by atoms with E-state index in [1.54, 1.807) is 5.56 Å². The van der Waals surface area contributed by atoms with E-state index in [9.17, 15) is 0 Å². The lowest BCUT2D eigenvalue weighted by molar-refractivity contribution is 0.666. The average molecular weight is 182 g/mol. The van der Waals surface area contributed by atoms with Crippen molar-refractivity contribution in [3.05, 3.63) is 21.9 Å². The van der Waals surface area contributed by atoms with Crippen LogP contribution in [0.25, 0.3) is 0 Å². The first-order valence-corrected chi connectivity index (χ1v) is 5.75. The highest BCUT2D eigenvalue weighted by Gasteiger charge is 1.97. The van der Waals surface area contributed by atoms with Crippen LogP contribution >= 0.6 is 11.3 Å². The predicted molar refractivity (Wildman–Crippen MR) is 56.9 cm³/mol. The van der Waals surface area contributed by atoms with Gasteiger partial charge in [0, 0.05) is 4.88 Å². The molecule has 0 nitrogen and oxygen atoms in total. The monoisotopic (exact) mass is 182 g/mol. The summed E-state index contributed by atoms with van der Waals surface area (Å²) < 4.78 is 0. The summed E-state index contributed by atoms with van der Waals surface area (Å²) >= 11 is 1.87. The minimum absolute atomic E-state index is 1.29. The standard InChI is InChI=1S/C11H18S/c1-3-4-5-6-7-11-8-9-12-10(11)2/h8-9H,3-7H2,1-2H3. The van der Waals surface area contributed by atoms with Crippen LogP contribution < -0.4 is 0 Å². The highest BCUT2D eigenvalue weighted by Crippen LogP contribution is 2.17. The fourth-order valence-electron chi connectivity index (χ4n) is 1.41. The molecular weight excluding hydrogens is 164 g/mol.